The third kappa shape index (κ3) is 3.60. The molecule has 1 aromatic heterocycles. The number of likely N-dealkylation sites (tertiary alicyclic amines) is 1. The molecular formula is C15H26N4O. The van der Waals surface area contributed by atoms with Gasteiger partial charge in [-0.15, -0.1) is 0 Å². The van der Waals surface area contributed by atoms with Gasteiger partial charge in [-0.3, -0.25) is 9.69 Å². The van der Waals surface area contributed by atoms with Crippen molar-refractivity contribution in [3.05, 3.63) is 22.7 Å². The van der Waals surface area contributed by atoms with Crippen LogP contribution in [0.15, 0.2) is 17.2 Å². The van der Waals surface area contributed by atoms with Gasteiger partial charge in [0.2, 0.25) is 0 Å². The first-order chi connectivity index (χ1) is 9.61. The molecule has 0 spiro atoms. The van der Waals surface area contributed by atoms with Crippen molar-refractivity contribution in [3.63, 3.8) is 0 Å². The summed E-state index contributed by atoms with van der Waals surface area (Å²) >= 11 is 0. The second kappa shape index (κ2) is 6.88. The van der Waals surface area contributed by atoms with Crippen molar-refractivity contribution < 1.29 is 0 Å². The SMILES string of the molecule is CCN1CCCC1CNc1nccn(CC(C)C)c1=O. The predicted octanol–water partition coefficient (Wildman–Crippen LogP) is 1.80. The number of nitrogens with one attached hydrogen (secondary N) is 1. The highest BCUT2D eigenvalue weighted by molar-refractivity contribution is 5.31. The Labute approximate surface area is 121 Å². The molecule has 0 radical (unpaired) electrons. The average Bonchev–Trinajstić information content (AvgIpc) is 2.86. The Morgan fingerprint density at radius 2 is 2.30 bits per heavy atom. The predicted molar refractivity (Wildman–Crippen MR) is 82.1 cm³/mol. The number of nitrogens with zero attached hydrogens (tertiary/aromatic N) is 3. The van der Waals surface area contributed by atoms with Crippen LogP contribution >= 0.6 is 0 Å². The van der Waals surface area contributed by atoms with Crippen LogP contribution in [-0.2, 0) is 6.54 Å². The first kappa shape index (κ1) is 15.0. The minimum Gasteiger partial charge on any atom is -0.364 e. The van der Waals surface area contributed by atoms with Gasteiger partial charge >= 0.3 is 0 Å². The molecule has 1 aliphatic rings. The van der Waals surface area contributed by atoms with Gasteiger partial charge in [0.15, 0.2) is 5.82 Å². The van der Waals surface area contributed by atoms with Gasteiger partial charge in [-0.1, -0.05) is 20.8 Å². The highest BCUT2D eigenvalue weighted by Crippen LogP contribution is 2.16. The third-order valence-electron chi connectivity index (χ3n) is 3.89. The van der Waals surface area contributed by atoms with Crippen LogP contribution in [0.25, 0.3) is 0 Å². The molecule has 5 nitrogen and oxygen atoms in total. The number of likely N-dealkylation sites (N-methyl/N-ethyl adjacent to an activating group) is 1. The Morgan fingerprint density at radius 3 is 3.00 bits per heavy atom. The van der Waals surface area contributed by atoms with Crippen LogP contribution < -0.4 is 10.9 Å². The molecule has 0 saturated carbocycles. The highest BCUT2D eigenvalue weighted by Gasteiger charge is 2.22. The zero-order valence-corrected chi connectivity index (χ0v) is 12.8. The van der Waals surface area contributed by atoms with Gasteiger partial charge in [-0.2, -0.15) is 0 Å². The van der Waals surface area contributed by atoms with E-state index in [9.17, 15) is 4.79 Å². The molecule has 112 valence electrons. The van der Waals surface area contributed by atoms with E-state index in [4.69, 9.17) is 0 Å². The molecule has 1 atom stereocenters. The topological polar surface area (TPSA) is 50.2 Å². The molecule has 0 amide bonds. The molecule has 1 fully saturated rings. The monoisotopic (exact) mass is 278 g/mol. The maximum absolute atomic E-state index is 12.3. The van der Waals surface area contributed by atoms with E-state index in [1.165, 1.54) is 19.4 Å². The summed E-state index contributed by atoms with van der Waals surface area (Å²) in [4.78, 5) is 18.9. The van der Waals surface area contributed by atoms with Crippen LogP contribution in [0.5, 0.6) is 0 Å². The number of aromatic nitrogens is 2. The Kier molecular flexibility index (Phi) is 5.17. The second-order valence-corrected chi connectivity index (χ2v) is 5.93. The molecule has 0 bridgehead atoms. The molecule has 0 aromatic carbocycles. The molecule has 2 heterocycles. The number of hydrogen-bond donors (Lipinski definition) is 1. The van der Waals surface area contributed by atoms with E-state index < -0.39 is 0 Å². The Morgan fingerprint density at radius 1 is 1.50 bits per heavy atom. The fourth-order valence-corrected chi connectivity index (χ4v) is 2.86. The summed E-state index contributed by atoms with van der Waals surface area (Å²) < 4.78 is 1.74. The maximum atomic E-state index is 12.3. The summed E-state index contributed by atoms with van der Waals surface area (Å²) in [5.41, 5.74) is -0.0118. The van der Waals surface area contributed by atoms with E-state index in [1.54, 1.807) is 17.0 Å². The largest absolute Gasteiger partial charge is 0.364 e. The summed E-state index contributed by atoms with van der Waals surface area (Å²) in [6.45, 7) is 10.2. The van der Waals surface area contributed by atoms with Crippen molar-refractivity contribution in [3.8, 4) is 0 Å². The fourth-order valence-electron chi connectivity index (χ4n) is 2.86. The number of rotatable bonds is 6. The van der Waals surface area contributed by atoms with Crippen molar-refractivity contribution in [2.24, 2.45) is 5.92 Å². The van der Waals surface area contributed by atoms with Crippen molar-refractivity contribution >= 4 is 5.82 Å². The summed E-state index contributed by atoms with van der Waals surface area (Å²) in [5, 5.41) is 3.25. The third-order valence-corrected chi connectivity index (χ3v) is 3.89. The van der Waals surface area contributed by atoms with Crippen LogP contribution in [0.1, 0.15) is 33.6 Å². The smallest absolute Gasteiger partial charge is 0.293 e. The molecule has 1 aliphatic heterocycles. The van der Waals surface area contributed by atoms with Crippen molar-refractivity contribution in [2.45, 2.75) is 46.2 Å². The lowest BCUT2D eigenvalue weighted by Gasteiger charge is -2.23. The van der Waals surface area contributed by atoms with Crippen LogP contribution in [0.2, 0.25) is 0 Å². The van der Waals surface area contributed by atoms with E-state index in [1.807, 2.05) is 0 Å². The van der Waals surface area contributed by atoms with Gasteiger partial charge in [-0.05, 0) is 31.8 Å². The standard InChI is InChI=1S/C15H26N4O/c1-4-18-8-5-6-13(18)10-17-14-15(20)19(9-7-16-14)11-12(2)3/h7,9,12-13H,4-6,8,10-11H2,1-3H3,(H,16,17). The van der Waals surface area contributed by atoms with Crippen molar-refractivity contribution in [1.82, 2.24) is 14.5 Å². The van der Waals surface area contributed by atoms with Gasteiger partial charge in [0, 0.05) is 31.5 Å². The Balaban J connectivity index is 2.01. The molecule has 2 rings (SSSR count). The molecule has 5 heteroatoms. The van der Waals surface area contributed by atoms with E-state index in [0.29, 0.717) is 17.8 Å². The highest BCUT2D eigenvalue weighted by atomic mass is 16.1. The number of anilines is 1. The normalized spacial score (nSPS) is 19.7. The van der Waals surface area contributed by atoms with Gasteiger partial charge in [0.1, 0.15) is 0 Å². The molecule has 1 N–H and O–H groups in total. The lowest BCUT2D eigenvalue weighted by molar-refractivity contribution is 0.277. The van der Waals surface area contributed by atoms with Crippen molar-refractivity contribution in [1.29, 1.82) is 0 Å². The van der Waals surface area contributed by atoms with Crippen LogP contribution in [0.3, 0.4) is 0 Å². The zero-order chi connectivity index (χ0) is 14.5. The quantitative estimate of drug-likeness (QED) is 0.862. The molecular weight excluding hydrogens is 252 g/mol. The van der Waals surface area contributed by atoms with E-state index in [0.717, 1.165) is 19.6 Å². The lowest BCUT2D eigenvalue weighted by atomic mass is 10.2. The molecule has 1 saturated heterocycles. The fraction of sp³-hybridized carbons (Fsp3) is 0.733. The molecule has 0 aliphatic carbocycles. The zero-order valence-electron chi connectivity index (χ0n) is 12.8. The first-order valence-electron chi connectivity index (χ1n) is 7.65. The Hall–Kier alpha value is -1.36. The molecule has 1 aromatic rings. The number of hydrogen-bond acceptors (Lipinski definition) is 4. The summed E-state index contributed by atoms with van der Waals surface area (Å²) in [5.74, 6) is 0.935. The van der Waals surface area contributed by atoms with Crippen LogP contribution in [0.4, 0.5) is 5.82 Å². The van der Waals surface area contributed by atoms with Gasteiger partial charge in [0.25, 0.3) is 5.56 Å². The molecule has 20 heavy (non-hydrogen) atoms. The summed E-state index contributed by atoms with van der Waals surface area (Å²) in [7, 11) is 0. The van der Waals surface area contributed by atoms with Crippen LogP contribution in [0, 0.1) is 5.92 Å². The van der Waals surface area contributed by atoms with Gasteiger partial charge in [0.05, 0.1) is 0 Å². The maximum Gasteiger partial charge on any atom is 0.293 e. The summed E-state index contributed by atoms with van der Waals surface area (Å²) in [6.07, 6.45) is 5.92. The van der Waals surface area contributed by atoms with E-state index in [2.05, 4.69) is 36.0 Å². The minimum absolute atomic E-state index is 0.0118. The average molecular weight is 278 g/mol. The van der Waals surface area contributed by atoms with E-state index in [-0.39, 0.29) is 5.56 Å². The minimum atomic E-state index is -0.0118. The second-order valence-electron chi connectivity index (χ2n) is 5.93. The van der Waals surface area contributed by atoms with Gasteiger partial charge in [-0.25, -0.2) is 4.98 Å². The first-order valence-corrected chi connectivity index (χ1v) is 7.65. The lowest BCUT2D eigenvalue weighted by Crippen LogP contribution is -2.36. The molecule has 1 unspecified atom stereocenters. The van der Waals surface area contributed by atoms with Crippen LogP contribution in [-0.4, -0.2) is 40.1 Å². The van der Waals surface area contributed by atoms with Gasteiger partial charge < -0.3 is 9.88 Å². The Bertz CT molecular complexity index is 483. The van der Waals surface area contributed by atoms with Crippen molar-refractivity contribution in [2.75, 3.05) is 25.0 Å². The summed E-state index contributed by atoms with van der Waals surface area (Å²) in [6, 6.07) is 0.528. The van der Waals surface area contributed by atoms with E-state index >= 15 is 0 Å².